The van der Waals surface area contributed by atoms with Crippen LogP contribution >= 0.6 is 0 Å². The molecule has 7 heteroatoms. The van der Waals surface area contributed by atoms with Crippen LogP contribution in [-0.2, 0) is 11.2 Å². The Bertz CT molecular complexity index is 963. The second-order valence-electron chi connectivity index (χ2n) is 8.70. The summed E-state index contributed by atoms with van der Waals surface area (Å²) in [6.07, 6.45) is 6.94. The van der Waals surface area contributed by atoms with Crippen molar-refractivity contribution in [3.63, 3.8) is 0 Å². The van der Waals surface area contributed by atoms with Crippen molar-refractivity contribution in [3.8, 4) is 0 Å². The molecule has 1 fully saturated rings. The quantitative estimate of drug-likeness (QED) is 0.450. The Morgan fingerprint density at radius 2 is 2.06 bits per heavy atom. The molecule has 0 atom stereocenters. The van der Waals surface area contributed by atoms with Crippen LogP contribution < -0.4 is 10.7 Å². The lowest BCUT2D eigenvalue weighted by Gasteiger charge is -2.27. The van der Waals surface area contributed by atoms with Gasteiger partial charge in [-0.25, -0.2) is 5.43 Å². The molecule has 3 N–H and O–H groups in total. The lowest BCUT2D eigenvalue weighted by atomic mass is 9.93. The minimum atomic E-state index is -0.203. The van der Waals surface area contributed by atoms with Crippen molar-refractivity contribution in [1.29, 1.82) is 0 Å². The Labute approximate surface area is 184 Å². The van der Waals surface area contributed by atoms with Crippen molar-refractivity contribution in [2.45, 2.75) is 46.0 Å². The summed E-state index contributed by atoms with van der Waals surface area (Å²) in [5.74, 6) is 0.742. The molecule has 1 saturated heterocycles. The number of rotatable bonds is 8. The minimum Gasteiger partial charge on any atom is -0.463 e. The summed E-state index contributed by atoms with van der Waals surface area (Å²) in [6.45, 7) is 12.2. The van der Waals surface area contributed by atoms with Gasteiger partial charge in [0.05, 0.1) is 11.8 Å². The largest absolute Gasteiger partial charge is 0.463 e. The molecule has 166 valence electrons. The standard InChI is InChI=1S/C24H33N5O2/c1-16(2)22-18(7-4-5-11-29-12-9-25-10-13-29)17(3)26-20(22)15-19-23(27-28-24(19)30)21-8-6-14-31-21/h6,8,14-16,25-26H,4-5,7,9-13H2,1-3H3,(H,28,30). The molecule has 0 aromatic carbocycles. The first-order valence-corrected chi connectivity index (χ1v) is 11.3. The van der Waals surface area contributed by atoms with Gasteiger partial charge in [0.25, 0.3) is 5.91 Å². The number of furan rings is 1. The van der Waals surface area contributed by atoms with E-state index in [0.717, 1.165) is 44.7 Å². The number of hydrazone groups is 1. The number of nitrogens with zero attached hydrogens (tertiary/aromatic N) is 2. The van der Waals surface area contributed by atoms with Crippen molar-refractivity contribution >= 4 is 17.7 Å². The second-order valence-corrected chi connectivity index (χ2v) is 8.70. The van der Waals surface area contributed by atoms with Gasteiger partial charge in [-0.15, -0.1) is 0 Å². The van der Waals surface area contributed by atoms with Crippen LogP contribution in [-0.4, -0.2) is 54.2 Å². The van der Waals surface area contributed by atoms with Crippen LogP contribution in [0.2, 0.25) is 0 Å². The zero-order valence-electron chi connectivity index (χ0n) is 18.8. The number of amides is 1. The lowest BCUT2D eigenvalue weighted by molar-refractivity contribution is -0.116. The molecule has 0 unspecified atom stereocenters. The zero-order valence-corrected chi connectivity index (χ0v) is 18.8. The summed E-state index contributed by atoms with van der Waals surface area (Å²) in [6, 6.07) is 3.62. The monoisotopic (exact) mass is 423 g/mol. The van der Waals surface area contributed by atoms with E-state index < -0.39 is 0 Å². The Hall–Kier alpha value is -2.64. The molecular weight excluding hydrogens is 390 g/mol. The van der Waals surface area contributed by atoms with Gasteiger partial charge < -0.3 is 19.6 Å². The summed E-state index contributed by atoms with van der Waals surface area (Å²) in [5, 5.41) is 7.59. The number of H-pyrrole nitrogens is 1. The van der Waals surface area contributed by atoms with E-state index in [1.54, 1.807) is 12.3 Å². The molecule has 1 amide bonds. The number of aromatic nitrogens is 1. The summed E-state index contributed by atoms with van der Waals surface area (Å²) < 4.78 is 5.47. The number of aromatic amines is 1. The van der Waals surface area contributed by atoms with Crippen molar-refractivity contribution in [3.05, 3.63) is 52.2 Å². The smallest absolute Gasteiger partial charge is 0.273 e. The first kappa shape index (κ1) is 21.6. The van der Waals surface area contributed by atoms with Crippen molar-refractivity contribution in [2.24, 2.45) is 5.10 Å². The van der Waals surface area contributed by atoms with Gasteiger partial charge in [-0.3, -0.25) is 4.79 Å². The highest BCUT2D eigenvalue weighted by molar-refractivity contribution is 6.32. The average Bonchev–Trinajstić information content (AvgIpc) is 3.47. The predicted molar refractivity (Wildman–Crippen MR) is 123 cm³/mol. The molecule has 2 aliphatic heterocycles. The Kier molecular flexibility index (Phi) is 6.73. The molecule has 0 spiro atoms. The van der Waals surface area contributed by atoms with E-state index in [4.69, 9.17) is 4.42 Å². The topological polar surface area (TPSA) is 85.7 Å². The van der Waals surface area contributed by atoms with Crippen LogP contribution in [0.15, 0.2) is 33.5 Å². The van der Waals surface area contributed by atoms with E-state index in [9.17, 15) is 4.79 Å². The molecule has 7 nitrogen and oxygen atoms in total. The molecule has 2 aromatic rings. The second kappa shape index (κ2) is 9.66. The minimum absolute atomic E-state index is 0.203. The van der Waals surface area contributed by atoms with E-state index >= 15 is 0 Å². The fourth-order valence-corrected chi connectivity index (χ4v) is 4.59. The predicted octanol–water partition coefficient (Wildman–Crippen LogP) is 3.18. The van der Waals surface area contributed by atoms with Gasteiger partial charge in [0, 0.05) is 37.6 Å². The normalized spacial score (nSPS) is 18.8. The molecule has 4 rings (SSSR count). The van der Waals surface area contributed by atoms with Gasteiger partial charge in [0.1, 0.15) is 5.71 Å². The zero-order chi connectivity index (χ0) is 21.8. The molecule has 2 aliphatic rings. The van der Waals surface area contributed by atoms with Gasteiger partial charge in [-0.2, -0.15) is 5.10 Å². The summed E-state index contributed by atoms with van der Waals surface area (Å²) in [7, 11) is 0. The summed E-state index contributed by atoms with van der Waals surface area (Å²) in [5.41, 5.74) is 8.52. The van der Waals surface area contributed by atoms with Gasteiger partial charge in [-0.1, -0.05) is 13.8 Å². The van der Waals surface area contributed by atoms with E-state index in [1.807, 2.05) is 12.1 Å². The third-order valence-electron chi connectivity index (χ3n) is 6.14. The summed E-state index contributed by atoms with van der Waals surface area (Å²) >= 11 is 0. The molecule has 0 saturated carbocycles. The van der Waals surface area contributed by atoms with E-state index in [0.29, 0.717) is 23.0 Å². The molecule has 0 bridgehead atoms. The maximum atomic E-state index is 12.5. The maximum Gasteiger partial charge on any atom is 0.273 e. The fourth-order valence-electron chi connectivity index (χ4n) is 4.59. The number of hydrogen-bond acceptors (Lipinski definition) is 5. The van der Waals surface area contributed by atoms with Crippen molar-refractivity contribution < 1.29 is 9.21 Å². The Morgan fingerprint density at radius 3 is 2.77 bits per heavy atom. The Morgan fingerprint density at radius 1 is 1.26 bits per heavy atom. The fraction of sp³-hybridized carbons (Fsp3) is 0.500. The first-order valence-electron chi connectivity index (χ1n) is 11.3. The highest BCUT2D eigenvalue weighted by atomic mass is 16.3. The molecule has 4 heterocycles. The third-order valence-corrected chi connectivity index (χ3v) is 6.14. The molecule has 31 heavy (non-hydrogen) atoms. The van der Waals surface area contributed by atoms with Crippen LogP contribution in [0.5, 0.6) is 0 Å². The molecule has 2 aromatic heterocycles. The average molecular weight is 424 g/mol. The van der Waals surface area contributed by atoms with E-state index in [2.05, 4.69) is 46.5 Å². The number of carbonyl (C=O) groups excluding carboxylic acids is 1. The van der Waals surface area contributed by atoms with Gasteiger partial charge in [0.2, 0.25) is 0 Å². The van der Waals surface area contributed by atoms with Crippen LogP contribution in [0, 0.1) is 6.92 Å². The molecule has 0 radical (unpaired) electrons. The molecular formula is C24H33N5O2. The van der Waals surface area contributed by atoms with Gasteiger partial charge in [-0.05, 0) is 68.0 Å². The number of hydrogen-bond donors (Lipinski definition) is 3. The lowest BCUT2D eigenvalue weighted by Crippen LogP contribution is -2.43. The van der Waals surface area contributed by atoms with E-state index in [-0.39, 0.29) is 5.91 Å². The van der Waals surface area contributed by atoms with Crippen LogP contribution in [0.4, 0.5) is 0 Å². The summed E-state index contributed by atoms with van der Waals surface area (Å²) in [4.78, 5) is 18.5. The first-order chi connectivity index (χ1) is 15.0. The Balaban J connectivity index is 1.51. The third kappa shape index (κ3) is 4.83. The number of aryl methyl sites for hydroxylation is 1. The van der Waals surface area contributed by atoms with Crippen LogP contribution in [0.3, 0.4) is 0 Å². The van der Waals surface area contributed by atoms with Crippen LogP contribution in [0.25, 0.3) is 6.08 Å². The van der Waals surface area contributed by atoms with Crippen molar-refractivity contribution in [2.75, 3.05) is 32.7 Å². The maximum absolute atomic E-state index is 12.5. The van der Waals surface area contributed by atoms with E-state index in [1.165, 1.54) is 29.8 Å². The number of unbranched alkanes of at least 4 members (excludes halogenated alkanes) is 1. The van der Waals surface area contributed by atoms with Gasteiger partial charge in [0.15, 0.2) is 5.76 Å². The highest BCUT2D eigenvalue weighted by Gasteiger charge is 2.27. The molecule has 0 aliphatic carbocycles. The van der Waals surface area contributed by atoms with Crippen LogP contribution in [0.1, 0.15) is 60.9 Å². The number of carbonyl (C=O) groups is 1. The number of nitrogens with one attached hydrogen (secondary N) is 3. The van der Waals surface area contributed by atoms with Crippen molar-refractivity contribution in [1.82, 2.24) is 20.6 Å². The highest BCUT2D eigenvalue weighted by Crippen LogP contribution is 2.30. The van der Waals surface area contributed by atoms with Gasteiger partial charge >= 0.3 is 0 Å². The SMILES string of the molecule is Cc1[nH]c(C=C2C(=O)NN=C2c2ccco2)c(C(C)C)c1CCCCN1CCNCC1. The number of piperazine rings is 1.